The van der Waals surface area contributed by atoms with Crippen LogP contribution in [0.5, 0.6) is 11.5 Å². The van der Waals surface area contributed by atoms with Gasteiger partial charge in [0, 0.05) is 28.1 Å². The van der Waals surface area contributed by atoms with Gasteiger partial charge in [-0.15, -0.1) is 11.3 Å². The minimum Gasteiger partial charge on any atom is -0.485 e. The predicted octanol–water partition coefficient (Wildman–Crippen LogP) is 3.92. The zero-order valence-corrected chi connectivity index (χ0v) is 15.7. The van der Waals surface area contributed by atoms with Crippen LogP contribution >= 0.6 is 11.3 Å². The van der Waals surface area contributed by atoms with Gasteiger partial charge < -0.3 is 14.8 Å². The maximum absolute atomic E-state index is 12.6. The van der Waals surface area contributed by atoms with E-state index in [1.165, 1.54) is 35.6 Å². The lowest BCUT2D eigenvalue weighted by atomic mass is 10.1. The lowest BCUT2D eigenvalue weighted by Gasteiger charge is -2.18. The second-order valence-corrected chi connectivity index (χ2v) is 7.12. The zero-order chi connectivity index (χ0) is 20.4. The number of carbonyl (C=O) groups is 2. The van der Waals surface area contributed by atoms with E-state index < -0.39 is 4.92 Å². The van der Waals surface area contributed by atoms with E-state index in [4.69, 9.17) is 9.47 Å². The fourth-order valence-corrected chi connectivity index (χ4v) is 3.61. The molecule has 1 aliphatic rings. The predicted molar refractivity (Wildman–Crippen MR) is 107 cm³/mol. The van der Waals surface area contributed by atoms with Gasteiger partial charge in [-0.05, 0) is 35.7 Å². The van der Waals surface area contributed by atoms with Crippen LogP contribution in [0.4, 0.5) is 11.4 Å². The number of ketones is 1. The first-order chi connectivity index (χ1) is 14.0. The average molecular weight is 410 g/mol. The van der Waals surface area contributed by atoms with Crippen LogP contribution in [0.2, 0.25) is 0 Å². The number of fused-ring (bicyclic) bond motifs is 1. The van der Waals surface area contributed by atoms with Gasteiger partial charge in [-0.3, -0.25) is 19.7 Å². The van der Waals surface area contributed by atoms with Crippen LogP contribution in [0.3, 0.4) is 0 Å². The summed E-state index contributed by atoms with van der Waals surface area (Å²) < 4.78 is 11.0. The maximum Gasteiger partial charge on any atom is 0.270 e. The van der Waals surface area contributed by atoms with Crippen molar-refractivity contribution >= 4 is 34.4 Å². The van der Waals surface area contributed by atoms with Crippen LogP contribution in [0.25, 0.3) is 10.4 Å². The first kappa shape index (κ1) is 18.6. The number of nitro groups is 1. The minimum absolute atomic E-state index is 0.0579. The van der Waals surface area contributed by atoms with Crippen LogP contribution in [0.15, 0.2) is 53.9 Å². The van der Waals surface area contributed by atoms with Crippen LogP contribution in [-0.4, -0.2) is 29.8 Å². The van der Waals surface area contributed by atoms with Crippen molar-refractivity contribution in [1.82, 2.24) is 0 Å². The standard InChI is InChI=1S/C20H14N2O6S/c23-16(12-3-5-18-15(8-12)21-20(24)11-28-18)10-27-17-6-4-13(22(25)26)9-14(17)19-2-1-7-29-19/h1-9H,10-11H2,(H,21,24). The van der Waals surface area contributed by atoms with Gasteiger partial charge in [-0.1, -0.05) is 6.07 Å². The average Bonchev–Trinajstić information content (AvgIpc) is 3.26. The van der Waals surface area contributed by atoms with Crippen molar-refractivity contribution in [3.63, 3.8) is 0 Å². The molecule has 0 saturated heterocycles. The van der Waals surface area contributed by atoms with Gasteiger partial charge >= 0.3 is 0 Å². The molecule has 0 spiro atoms. The Labute approximate surface area is 168 Å². The molecular weight excluding hydrogens is 396 g/mol. The number of hydrogen-bond acceptors (Lipinski definition) is 7. The summed E-state index contributed by atoms with van der Waals surface area (Å²) in [7, 11) is 0. The van der Waals surface area contributed by atoms with E-state index in [1.807, 2.05) is 17.5 Å². The molecule has 0 unspecified atom stereocenters. The quantitative estimate of drug-likeness (QED) is 0.375. The number of benzene rings is 2. The molecule has 2 heterocycles. The van der Waals surface area contributed by atoms with Crippen molar-refractivity contribution in [2.24, 2.45) is 0 Å². The molecule has 0 radical (unpaired) electrons. The second-order valence-electron chi connectivity index (χ2n) is 6.17. The Morgan fingerprint density at radius 2 is 2.10 bits per heavy atom. The molecular formula is C20H14N2O6S. The number of non-ortho nitro benzene ring substituents is 1. The second kappa shape index (κ2) is 7.72. The number of nitrogens with zero attached hydrogens (tertiary/aromatic N) is 1. The number of amides is 1. The van der Waals surface area contributed by atoms with Gasteiger partial charge in [-0.2, -0.15) is 0 Å². The third-order valence-corrected chi connectivity index (χ3v) is 5.16. The third-order valence-electron chi connectivity index (χ3n) is 4.25. The highest BCUT2D eigenvalue weighted by atomic mass is 32.1. The molecule has 1 N–H and O–H groups in total. The Kier molecular flexibility index (Phi) is 4.96. The smallest absolute Gasteiger partial charge is 0.270 e. The fourth-order valence-electron chi connectivity index (χ4n) is 2.86. The lowest BCUT2D eigenvalue weighted by Crippen LogP contribution is -2.25. The topological polar surface area (TPSA) is 108 Å². The molecule has 29 heavy (non-hydrogen) atoms. The normalized spacial score (nSPS) is 12.5. The first-order valence-electron chi connectivity index (χ1n) is 8.56. The van der Waals surface area contributed by atoms with Crippen molar-refractivity contribution in [2.75, 3.05) is 18.5 Å². The summed E-state index contributed by atoms with van der Waals surface area (Å²) in [5.41, 5.74) is 1.28. The van der Waals surface area contributed by atoms with Crippen LogP contribution < -0.4 is 14.8 Å². The summed E-state index contributed by atoms with van der Waals surface area (Å²) in [6, 6.07) is 12.7. The molecule has 0 saturated carbocycles. The molecule has 1 aromatic heterocycles. The number of anilines is 1. The number of Topliss-reactive ketones (excluding diaryl/α,β-unsaturated/α-hetero) is 1. The molecule has 8 nitrogen and oxygen atoms in total. The SMILES string of the molecule is O=C1COc2ccc(C(=O)COc3ccc([N+](=O)[O-])cc3-c3cccs3)cc2N1. The summed E-state index contributed by atoms with van der Waals surface area (Å²) in [5, 5.41) is 15.6. The van der Waals surface area contributed by atoms with Gasteiger partial charge in [0.2, 0.25) is 0 Å². The zero-order valence-electron chi connectivity index (χ0n) is 14.9. The molecule has 146 valence electrons. The van der Waals surface area contributed by atoms with Gasteiger partial charge in [0.15, 0.2) is 19.0 Å². The summed E-state index contributed by atoms with van der Waals surface area (Å²) >= 11 is 1.42. The Bertz CT molecular complexity index is 1110. The largest absolute Gasteiger partial charge is 0.485 e. The molecule has 0 bridgehead atoms. The number of nitrogens with one attached hydrogen (secondary N) is 1. The van der Waals surface area contributed by atoms with Crippen molar-refractivity contribution in [2.45, 2.75) is 0 Å². The number of hydrogen-bond donors (Lipinski definition) is 1. The fraction of sp³-hybridized carbons (Fsp3) is 0.100. The number of ether oxygens (including phenoxy) is 2. The van der Waals surface area contributed by atoms with E-state index in [2.05, 4.69) is 5.32 Å². The van der Waals surface area contributed by atoms with E-state index in [-0.39, 0.29) is 30.6 Å². The van der Waals surface area contributed by atoms with Crippen molar-refractivity contribution in [3.05, 3.63) is 69.6 Å². The molecule has 0 fully saturated rings. The summed E-state index contributed by atoms with van der Waals surface area (Å²) in [6.07, 6.45) is 0. The van der Waals surface area contributed by atoms with Gasteiger partial charge in [-0.25, -0.2) is 0 Å². The third kappa shape index (κ3) is 3.94. The van der Waals surface area contributed by atoms with Gasteiger partial charge in [0.1, 0.15) is 11.5 Å². The van der Waals surface area contributed by atoms with Crippen LogP contribution in [0, 0.1) is 10.1 Å². The van der Waals surface area contributed by atoms with Crippen LogP contribution in [0.1, 0.15) is 10.4 Å². The van der Waals surface area contributed by atoms with E-state index >= 15 is 0 Å². The molecule has 2 aromatic carbocycles. The highest BCUT2D eigenvalue weighted by Crippen LogP contribution is 2.36. The Hall–Kier alpha value is -3.72. The van der Waals surface area contributed by atoms with Crippen molar-refractivity contribution in [3.8, 4) is 21.9 Å². The van der Waals surface area contributed by atoms with E-state index in [0.717, 1.165) is 4.88 Å². The Morgan fingerprint density at radius 1 is 1.24 bits per heavy atom. The maximum atomic E-state index is 12.6. The molecule has 9 heteroatoms. The molecule has 0 atom stereocenters. The van der Waals surface area contributed by atoms with Crippen molar-refractivity contribution in [1.29, 1.82) is 0 Å². The lowest BCUT2D eigenvalue weighted by molar-refractivity contribution is -0.384. The number of rotatable bonds is 6. The molecule has 4 rings (SSSR count). The molecule has 1 aliphatic heterocycles. The highest BCUT2D eigenvalue weighted by molar-refractivity contribution is 7.13. The Balaban J connectivity index is 1.55. The van der Waals surface area contributed by atoms with Crippen molar-refractivity contribution < 1.29 is 24.0 Å². The van der Waals surface area contributed by atoms with E-state index in [9.17, 15) is 19.7 Å². The first-order valence-corrected chi connectivity index (χ1v) is 9.44. The number of nitro benzene ring substituents is 1. The number of carbonyl (C=O) groups excluding carboxylic acids is 2. The minimum atomic E-state index is -0.477. The van der Waals surface area contributed by atoms with E-state index in [1.54, 1.807) is 12.1 Å². The van der Waals surface area contributed by atoms with Gasteiger partial charge in [0.05, 0.1) is 10.6 Å². The molecule has 1 amide bonds. The van der Waals surface area contributed by atoms with Crippen LogP contribution in [-0.2, 0) is 4.79 Å². The molecule has 0 aliphatic carbocycles. The number of thiophene rings is 1. The molecule has 3 aromatic rings. The monoisotopic (exact) mass is 410 g/mol. The summed E-state index contributed by atoms with van der Waals surface area (Å²) in [4.78, 5) is 35.4. The Morgan fingerprint density at radius 3 is 2.86 bits per heavy atom. The summed E-state index contributed by atoms with van der Waals surface area (Å²) in [5.74, 6) is 0.284. The summed E-state index contributed by atoms with van der Waals surface area (Å²) in [6.45, 7) is -0.321. The van der Waals surface area contributed by atoms with Gasteiger partial charge in [0.25, 0.3) is 11.6 Å². The highest BCUT2D eigenvalue weighted by Gasteiger charge is 2.19. The van der Waals surface area contributed by atoms with E-state index in [0.29, 0.717) is 28.3 Å².